The molecule has 0 atom stereocenters. The second kappa shape index (κ2) is 14.0. The second-order valence-electron chi connectivity index (χ2n) is 14.2. The fourth-order valence-corrected chi connectivity index (χ4v) is 11.0. The summed E-state index contributed by atoms with van der Waals surface area (Å²) < 4.78 is 84.2. The highest BCUT2D eigenvalue weighted by Gasteiger charge is 2.31. The summed E-state index contributed by atoms with van der Waals surface area (Å²) in [5.41, 5.74) is 2.34. The van der Waals surface area contributed by atoms with Crippen LogP contribution in [0.4, 0.5) is 0 Å². The highest BCUT2D eigenvalue weighted by Crippen LogP contribution is 2.47. The smallest absolute Gasteiger partial charge is 0.128 e. The molecule has 0 aliphatic heterocycles. The Labute approximate surface area is 270 Å². The van der Waals surface area contributed by atoms with Crippen LogP contribution >= 0.6 is 0 Å². The molecule has 2 aromatic carbocycles. The Balaban J connectivity index is 1.50. The SMILES string of the molecule is O=S(=O)([O-])c1c(C2CCCCC2)cc(Oc2cc(C3CCCCC3)c(S(=O)(=O)[O-])c(C3CCCCC3)c2)cc1C1CCCCC1. The van der Waals surface area contributed by atoms with Crippen molar-refractivity contribution in [2.45, 2.75) is 162 Å². The lowest BCUT2D eigenvalue weighted by Crippen LogP contribution is -2.17. The molecule has 0 saturated heterocycles. The van der Waals surface area contributed by atoms with Crippen LogP contribution in [-0.2, 0) is 20.2 Å². The van der Waals surface area contributed by atoms with Crippen LogP contribution in [0.2, 0.25) is 0 Å². The molecule has 0 spiro atoms. The standard InChI is InChI=1S/C36H50O7S2/c37-44(38,39)35-31(25-13-5-1-6-14-25)21-29(22-32(35)26-15-7-2-8-16-26)43-30-23-33(27-17-9-3-10-18-27)36(45(40,41)42)34(24-30)28-19-11-4-12-20-28/h21-28H,1-20H2,(H,37,38,39)(H,40,41,42)/p-2. The van der Waals surface area contributed by atoms with Crippen LogP contribution in [0.25, 0.3) is 0 Å². The van der Waals surface area contributed by atoms with Gasteiger partial charge >= 0.3 is 0 Å². The molecule has 248 valence electrons. The maximum atomic E-state index is 12.9. The minimum atomic E-state index is -4.72. The molecular weight excluding hydrogens is 609 g/mol. The average molecular weight is 657 g/mol. The Hall–Kier alpha value is -1.94. The molecule has 4 aliphatic carbocycles. The Morgan fingerprint density at radius 3 is 0.844 bits per heavy atom. The van der Waals surface area contributed by atoms with Gasteiger partial charge in [-0.1, -0.05) is 77.0 Å². The van der Waals surface area contributed by atoms with Crippen molar-refractivity contribution in [1.82, 2.24) is 0 Å². The van der Waals surface area contributed by atoms with Crippen LogP contribution in [0.5, 0.6) is 11.5 Å². The number of rotatable bonds is 8. The summed E-state index contributed by atoms with van der Waals surface area (Å²) in [5, 5.41) is 0. The van der Waals surface area contributed by atoms with Gasteiger partial charge in [-0.15, -0.1) is 0 Å². The third-order valence-corrected chi connectivity index (χ3v) is 13.1. The second-order valence-corrected chi connectivity index (χ2v) is 16.8. The molecular formula is C36H48O7S2-2. The predicted octanol–water partition coefficient (Wildman–Crippen LogP) is 9.48. The minimum Gasteiger partial charge on any atom is -0.744 e. The lowest BCUT2D eigenvalue weighted by molar-refractivity contribution is 0.406. The summed E-state index contributed by atoms with van der Waals surface area (Å²) in [5.74, 6) is 0.897. The molecule has 0 N–H and O–H groups in total. The predicted molar refractivity (Wildman–Crippen MR) is 172 cm³/mol. The van der Waals surface area contributed by atoms with Gasteiger partial charge in [0.2, 0.25) is 0 Å². The van der Waals surface area contributed by atoms with E-state index in [9.17, 15) is 25.9 Å². The van der Waals surface area contributed by atoms with Crippen molar-refractivity contribution in [3.05, 3.63) is 46.5 Å². The van der Waals surface area contributed by atoms with Gasteiger partial charge in [0, 0.05) is 0 Å². The maximum absolute atomic E-state index is 12.9. The van der Waals surface area contributed by atoms with Gasteiger partial charge in [-0.05, 0) is 122 Å². The van der Waals surface area contributed by atoms with Crippen LogP contribution in [-0.4, -0.2) is 25.9 Å². The van der Waals surface area contributed by atoms with E-state index in [0.717, 1.165) is 128 Å². The van der Waals surface area contributed by atoms with E-state index in [-0.39, 0.29) is 33.5 Å². The Morgan fingerprint density at radius 1 is 0.422 bits per heavy atom. The van der Waals surface area contributed by atoms with Crippen molar-refractivity contribution in [1.29, 1.82) is 0 Å². The van der Waals surface area contributed by atoms with Gasteiger partial charge in [0.15, 0.2) is 0 Å². The summed E-state index contributed by atoms with van der Waals surface area (Å²) in [7, 11) is -9.45. The molecule has 0 bridgehead atoms. The monoisotopic (exact) mass is 656 g/mol. The lowest BCUT2D eigenvalue weighted by atomic mass is 9.79. The van der Waals surface area contributed by atoms with E-state index < -0.39 is 20.2 Å². The Morgan fingerprint density at radius 2 is 0.644 bits per heavy atom. The van der Waals surface area contributed by atoms with Crippen LogP contribution in [0.1, 0.15) is 174 Å². The van der Waals surface area contributed by atoms with Crippen LogP contribution in [0, 0.1) is 0 Å². The molecule has 0 aromatic heterocycles. The first-order chi connectivity index (χ1) is 21.6. The Bertz CT molecular complexity index is 1360. The molecule has 45 heavy (non-hydrogen) atoms. The largest absolute Gasteiger partial charge is 0.744 e. The van der Waals surface area contributed by atoms with E-state index in [1.807, 2.05) is 0 Å². The highest BCUT2D eigenvalue weighted by molar-refractivity contribution is 7.86. The summed E-state index contributed by atoms with van der Waals surface area (Å²) in [6.45, 7) is 0. The van der Waals surface area contributed by atoms with Crippen molar-refractivity contribution in [3.63, 3.8) is 0 Å². The van der Waals surface area contributed by atoms with E-state index in [1.165, 1.54) is 0 Å². The number of ether oxygens (including phenoxy) is 1. The van der Waals surface area contributed by atoms with Gasteiger partial charge in [-0.2, -0.15) is 0 Å². The van der Waals surface area contributed by atoms with Gasteiger partial charge in [-0.25, -0.2) is 16.8 Å². The topological polar surface area (TPSA) is 124 Å². The van der Waals surface area contributed by atoms with Crippen molar-refractivity contribution >= 4 is 20.2 Å². The van der Waals surface area contributed by atoms with Gasteiger partial charge in [-0.3, -0.25) is 0 Å². The van der Waals surface area contributed by atoms with Crippen molar-refractivity contribution in [2.24, 2.45) is 0 Å². The molecule has 9 heteroatoms. The molecule has 2 aromatic rings. The first-order valence-corrected chi connectivity index (χ1v) is 20.4. The third kappa shape index (κ3) is 7.63. The van der Waals surface area contributed by atoms with E-state index in [0.29, 0.717) is 33.8 Å². The molecule has 7 nitrogen and oxygen atoms in total. The quantitative estimate of drug-likeness (QED) is 0.259. The van der Waals surface area contributed by atoms with E-state index >= 15 is 0 Å². The molecule has 4 fully saturated rings. The number of hydrogen-bond acceptors (Lipinski definition) is 7. The van der Waals surface area contributed by atoms with Crippen LogP contribution in [0.15, 0.2) is 34.1 Å². The van der Waals surface area contributed by atoms with Crippen LogP contribution in [0.3, 0.4) is 0 Å². The van der Waals surface area contributed by atoms with E-state index in [2.05, 4.69) is 0 Å². The third-order valence-electron chi connectivity index (χ3n) is 11.2. The first kappa shape index (κ1) is 33.0. The molecule has 0 heterocycles. The number of benzene rings is 2. The van der Waals surface area contributed by atoms with Crippen molar-refractivity contribution in [2.75, 3.05) is 0 Å². The Kier molecular flexibility index (Phi) is 10.3. The zero-order valence-corrected chi connectivity index (χ0v) is 28.1. The zero-order chi connectivity index (χ0) is 31.6. The normalized spacial score (nSPS) is 22.0. The lowest BCUT2D eigenvalue weighted by Gasteiger charge is -2.32. The summed E-state index contributed by atoms with van der Waals surface area (Å²) >= 11 is 0. The average Bonchev–Trinajstić information content (AvgIpc) is 3.04. The molecule has 0 unspecified atom stereocenters. The fraction of sp³-hybridized carbons (Fsp3) is 0.667. The van der Waals surface area contributed by atoms with Gasteiger partial charge in [0.25, 0.3) is 0 Å². The van der Waals surface area contributed by atoms with Crippen molar-refractivity contribution in [3.8, 4) is 11.5 Å². The van der Waals surface area contributed by atoms with Gasteiger partial charge < -0.3 is 13.8 Å². The molecule has 0 amide bonds. The molecule has 4 aliphatic rings. The van der Waals surface area contributed by atoms with Gasteiger partial charge in [0.1, 0.15) is 31.7 Å². The maximum Gasteiger partial charge on any atom is 0.128 e. The first-order valence-electron chi connectivity index (χ1n) is 17.5. The zero-order valence-electron chi connectivity index (χ0n) is 26.4. The van der Waals surface area contributed by atoms with Gasteiger partial charge in [0.05, 0.1) is 9.79 Å². The van der Waals surface area contributed by atoms with Crippen molar-refractivity contribution < 1.29 is 30.7 Å². The molecule has 6 rings (SSSR count). The summed E-state index contributed by atoms with van der Waals surface area (Å²) in [6, 6.07) is 7.08. The van der Waals surface area contributed by atoms with Crippen LogP contribution < -0.4 is 4.74 Å². The fourth-order valence-electron chi connectivity index (χ4n) is 8.99. The van der Waals surface area contributed by atoms with E-state index in [4.69, 9.17) is 4.74 Å². The minimum absolute atomic E-state index is 0.0213. The number of hydrogen-bond donors (Lipinski definition) is 0. The van der Waals surface area contributed by atoms with E-state index in [1.54, 1.807) is 24.3 Å². The summed E-state index contributed by atoms with van der Waals surface area (Å²) in [4.78, 5) is -0.0699. The highest BCUT2D eigenvalue weighted by atomic mass is 32.2. The molecule has 0 radical (unpaired) electrons. The molecule has 4 saturated carbocycles. The summed E-state index contributed by atoms with van der Waals surface area (Å²) in [6.07, 6.45) is 19.1.